The minimum absolute atomic E-state index is 0.00897. The Bertz CT molecular complexity index is 789. The minimum Gasteiger partial charge on any atom is -0.362 e. The predicted octanol–water partition coefficient (Wildman–Crippen LogP) is 2.77. The largest absolute Gasteiger partial charge is 0.438 e. The molecule has 1 N–H and O–H groups in total. The fraction of sp³-hybridized carbons (Fsp3) is 0.467. The van der Waals surface area contributed by atoms with Crippen molar-refractivity contribution in [3.8, 4) is 0 Å². The topological polar surface area (TPSA) is 96.0 Å². The van der Waals surface area contributed by atoms with Gasteiger partial charge in [-0.15, -0.1) is 0 Å². The number of nitro benzene ring substituents is 1. The first-order valence-corrected chi connectivity index (χ1v) is 7.50. The summed E-state index contributed by atoms with van der Waals surface area (Å²) in [4.78, 5) is 22.8. The zero-order valence-electron chi connectivity index (χ0n) is 13.1. The predicted molar refractivity (Wildman–Crippen MR) is 79.8 cm³/mol. The van der Waals surface area contributed by atoms with Crippen LogP contribution in [-0.4, -0.2) is 38.6 Å². The molecular weight excluding hydrogens is 343 g/mol. The average Bonchev–Trinajstić information content (AvgIpc) is 3.29. The summed E-state index contributed by atoms with van der Waals surface area (Å²) < 4.78 is 40.1. The molecule has 0 aromatic heterocycles. The van der Waals surface area contributed by atoms with E-state index in [2.05, 4.69) is 5.10 Å². The van der Waals surface area contributed by atoms with Gasteiger partial charge in [-0.25, -0.2) is 0 Å². The smallest absolute Gasteiger partial charge is 0.362 e. The van der Waals surface area contributed by atoms with Crippen LogP contribution in [0.4, 0.5) is 18.9 Å². The van der Waals surface area contributed by atoms with Gasteiger partial charge in [0.2, 0.25) is 0 Å². The molecule has 0 radical (unpaired) electrons. The number of hydrogen-bond acceptors (Lipinski definition) is 5. The molecule has 1 aromatic rings. The summed E-state index contributed by atoms with van der Waals surface area (Å²) in [5, 5.41) is 24.8. The molecule has 1 aliphatic carbocycles. The third kappa shape index (κ3) is 2.86. The second kappa shape index (κ2) is 5.51. The molecular formula is C15H14F3N3O4. The van der Waals surface area contributed by atoms with Gasteiger partial charge in [-0.05, 0) is 31.7 Å². The number of rotatable bonds is 3. The molecule has 1 amide bonds. The van der Waals surface area contributed by atoms with Crippen LogP contribution in [0.5, 0.6) is 0 Å². The van der Waals surface area contributed by atoms with Crippen molar-refractivity contribution in [1.82, 2.24) is 5.01 Å². The van der Waals surface area contributed by atoms with Crippen LogP contribution in [0.3, 0.4) is 0 Å². The van der Waals surface area contributed by atoms with Gasteiger partial charge in [-0.3, -0.25) is 14.9 Å². The van der Waals surface area contributed by atoms with Crippen molar-refractivity contribution in [3.63, 3.8) is 0 Å². The van der Waals surface area contributed by atoms with E-state index in [0.717, 1.165) is 6.07 Å². The number of halogens is 3. The highest BCUT2D eigenvalue weighted by molar-refractivity contribution is 5.99. The minimum atomic E-state index is -5.11. The Labute approximate surface area is 139 Å². The lowest BCUT2D eigenvalue weighted by Gasteiger charge is -2.32. The van der Waals surface area contributed by atoms with Crippen molar-refractivity contribution in [1.29, 1.82) is 0 Å². The van der Waals surface area contributed by atoms with Crippen molar-refractivity contribution in [2.24, 2.45) is 11.0 Å². The Morgan fingerprint density at radius 2 is 2.08 bits per heavy atom. The maximum atomic E-state index is 13.4. The third-order valence-corrected chi connectivity index (χ3v) is 4.35. The van der Waals surface area contributed by atoms with E-state index in [1.165, 1.54) is 19.1 Å². The van der Waals surface area contributed by atoms with Crippen LogP contribution in [0, 0.1) is 23.0 Å². The first-order chi connectivity index (χ1) is 11.5. The third-order valence-electron chi connectivity index (χ3n) is 4.35. The Kier molecular flexibility index (Phi) is 3.82. The van der Waals surface area contributed by atoms with Crippen LogP contribution in [0.2, 0.25) is 0 Å². The number of nitrogens with zero attached hydrogens (tertiary/aromatic N) is 3. The van der Waals surface area contributed by atoms with E-state index < -0.39 is 34.8 Å². The summed E-state index contributed by atoms with van der Waals surface area (Å²) in [5.74, 6) is -1.40. The van der Waals surface area contributed by atoms with Gasteiger partial charge in [-0.1, -0.05) is 6.07 Å². The average molecular weight is 357 g/mol. The molecule has 1 aliphatic heterocycles. The summed E-state index contributed by atoms with van der Waals surface area (Å²) >= 11 is 0. The summed E-state index contributed by atoms with van der Waals surface area (Å²) in [5.41, 5.74) is -3.81. The molecule has 1 heterocycles. The molecule has 1 fully saturated rings. The quantitative estimate of drug-likeness (QED) is 0.664. The number of carbonyl (C=O) groups excluding carboxylic acids is 1. The number of hydrogen-bond donors (Lipinski definition) is 1. The number of nitro groups is 1. The molecule has 1 aromatic carbocycles. The molecule has 0 saturated heterocycles. The molecule has 0 unspecified atom stereocenters. The van der Waals surface area contributed by atoms with E-state index in [1.807, 2.05) is 0 Å². The maximum Gasteiger partial charge on any atom is 0.438 e. The molecule has 7 nitrogen and oxygen atoms in total. The first kappa shape index (κ1) is 17.3. The molecule has 1 saturated carbocycles. The number of aliphatic hydroxyl groups is 1. The molecule has 3 rings (SSSR count). The number of aryl methyl sites for hydroxylation is 1. The van der Waals surface area contributed by atoms with E-state index in [-0.39, 0.29) is 27.8 Å². The number of benzene rings is 1. The van der Waals surface area contributed by atoms with Crippen molar-refractivity contribution in [2.45, 2.75) is 38.1 Å². The van der Waals surface area contributed by atoms with Crippen LogP contribution in [0.1, 0.15) is 35.2 Å². The van der Waals surface area contributed by atoms with Crippen LogP contribution in [0.25, 0.3) is 0 Å². The summed E-state index contributed by atoms with van der Waals surface area (Å²) in [7, 11) is 0. The zero-order chi connectivity index (χ0) is 18.6. The van der Waals surface area contributed by atoms with Crippen LogP contribution in [0.15, 0.2) is 23.3 Å². The lowest BCUT2D eigenvalue weighted by atomic mass is 10.0. The van der Waals surface area contributed by atoms with Gasteiger partial charge in [0.25, 0.3) is 17.3 Å². The number of amides is 1. The molecule has 25 heavy (non-hydrogen) atoms. The number of carbonyl (C=O) groups is 1. The Balaban J connectivity index is 2.01. The van der Waals surface area contributed by atoms with Crippen molar-refractivity contribution >= 4 is 17.3 Å². The summed E-state index contributed by atoms with van der Waals surface area (Å²) in [6.07, 6.45) is -4.60. The molecule has 0 bridgehead atoms. The number of alkyl halides is 3. The maximum absolute atomic E-state index is 13.4. The van der Waals surface area contributed by atoms with E-state index in [0.29, 0.717) is 12.8 Å². The standard InChI is InChI=1S/C15H14F3N3O4/c1-8-2-3-10(6-12(8)21(24)25)13(22)20-14(23,15(16,17)18)7-11(19-20)9-4-5-9/h2-3,6,9,23H,4-5,7H2,1H3/t14-/m1/s1. The van der Waals surface area contributed by atoms with Gasteiger partial charge in [0, 0.05) is 29.3 Å². The highest BCUT2D eigenvalue weighted by Gasteiger charge is 2.64. The zero-order valence-corrected chi connectivity index (χ0v) is 13.1. The fourth-order valence-corrected chi connectivity index (χ4v) is 2.71. The van der Waals surface area contributed by atoms with Crippen LogP contribution >= 0.6 is 0 Å². The van der Waals surface area contributed by atoms with Gasteiger partial charge < -0.3 is 5.11 Å². The van der Waals surface area contributed by atoms with Crippen molar-refractivity contribution in [2.75, 3.05) is 0 Å². The second-order valence-electron chi connectivity index (χ2n) is 6.23. The summed E-state index contributed by atoms with van der Waals surface area (Å²) in [6.45, 7) is 1.44. The van der Waals surface area contributed by atoms with Crippen LogP contribution < -0.4 is 0 Å². The van der Waals surface area contributed by atoms with Gasteiger partial charge in [0.1, 0.15) is 0 Å². The van der Waals surface area contributed by atoms with Crippen molar-refractivity contribution < 1.29 is 28.0 Å². The fourth-order valence-electron chi connectivity index (χ4n) is 2.71. The van der Waals surface area contributed by atoms with E-state index in [4.69, 9.17) is 0 Å². The molecule has 1 atom stereocenters. The highest BCUT2D eigenvalue weighted by Crippen LogP contribution is 2.45. The number of hydrazone groups is 1. The lowest BCUT2D eigenvalue weighted by Crippen LogP contribution is -2.56. The van der Waals surface area contributed by atoms with E-state index in [9.17, 15) is 33.2 Å². The molecule has 2 aliphatic rings. The van der Waals surface area contributed by atoms with Crippen molar-refractivity contribution in [3.05, 3.63) is 39.4 Å². The molecule has 10 heteroatoms. The second-order valence-corrected chi connectivity index (χ2v) is 6.23. The highest BCUT2D eigenvalue weighted by atomic mass is 19.4. The van der Waals surface area contributed by atoms with Crippen LogP contribution in [-0.2, 0) is 0 Å². The lowest BCUT2D eigenvalue weighted by molar-refractivity contribution is -0.385. The SMILES string of the molecule is Cc1ccc(C(=O)N2N=C(C3CC3)C[C@@]2(O)C(F)(F)F)cc1[N+](=O)[O-]. The molecule has 134 valence electrons. The van der Waals surface area contributed by atoms with E-state index >= 15 is 0 Å². The van der Waals surface area contributed by atoms with Gasteiger partial charge in [0.05, 0.1) is 4.92 Å². The van der Waals surface area contributed by atoms with Gasteiger partial charge >= 0.3 is 6.18 Å². The molecule has 0 spiro atoms. The first-order valence-electron chi connectivity index (χ1n) is 7.50. The monoisotopic (exact) mass is 357 g/mol. The normalized spacial score (nSPS) is 23.6. The van der Waals surface area contributed by atoms with Gasteiger partial charge in [0.15, 0.2) is 0 Å². The Morgan fingerprint density at radius 3 is 2.60 bits per heavy atom. The van der Waals surface area contributed by atoms with Gasteiger partial charge in [-0.2, -0.15) is 23.3 Å². The summed E-state index contributed by atoms with van der Waals surface area (Å²) in [6, 6.07) is 3.32. The van der Waals surface area contributed by atoms with E-state index in [1.54, 1.807) is 0 Å². The Morgan fingerprint density at radius 1 is 1.44 bits per heavy atom. The Hall–Kier alpha value is -2.49.